The second kappa shape index (κ2) is 4.54. The third kappa shape index (κ3) is 2.74. The molecular weight excluding hydrogens is 229 g/mol. The standard InChI is InChI=1S/C8H9F3N2O3/c9-8(10,11)16-7-4(1-12)2-13-5(3-14)6(7)15/h2,14-15H,1,3,12H2. The average Bonchev–Trinajstić information content (AvgIpc) is 2.19. The summed E-state index contributed by atoms with van der Waals surface area (Å²) < 4.78 is 39.7. The smallest absolute Gasteiger partial charge is 0.503 e. The molecule has 1 aromatic rings. The number of ether oxygens (including phenoxy) is 1. The van der Waals surface area contributed by atoms with Gasteiger partial charge in [0.2, 0.25) is 0 Å². The minimum absolute atomic E-state index is 0.105. The first-order valence-electron chi connectivity index (χ1n) is 4.15. The van der Waals surface area contributed by atoms with Gasteiger partial charge in [0.25, 0.3) is 0 Å². The number of aromatic hydroxyl groups is 1. The molecule has 0 bridgehead atoms. The van der Waals surface area contributed by atoms with E-state index in [1.54, 1.807) is 0 Å². The molecule has 0 radical (unpaired) electrons. The lowest BCUT2D eigenvalue weighted by Gasteiger charge is -2.14. The molecule has 1 aromatic heterocycles. The van der Waals surface area contributed by atoms with Crippen LogP contribution in [0.15, 0.2) is 6.20 Å². The van der Waals surface area contributed by atoms with Crippen LogP contribution < -0.4 is 10.5 Å². The van der Waals surface area contributed by atoms with Crippen LogP contribution in [-0.4, -0.2) is 21.6 Å². The van der Waals surface area contributed by atoms with Crippen molar-refractivity contribution in [3.05, 3.63) is 17.5 Å². The Bertz CT molecular complexity index is 382. The number of hydrogen-bond donors (Lipinski definition) is 3. The van der Waals surface area contributed by atoms with E-state index in [2.05, 4.69) is 9.72 Å². The number of rotatable bonds is 3. The SMILES string of the molecule is NCc1cnc(CO)c(O)c1OC(F)(F)F. The number of nitrogens with zero attached hydrogens (tertiary/aromatic N) is 1. The van der Waals surface area contributed by atoms with E-state index in [9.17, 15) is 18.3 Å². The van der Waals surface area contributed by atoms with Gasteiger partial charge in [0, 0.05) is 18.3 Å². The predicted molar refractivity (Wildman–Crippen MR) is 46.4 cm³/mol. The number of halogens is 3. The van der Waals surface area contributed by atoms with Crippen LogP contribution in [0.25, 0.3) is 0 Å². The lowest BCUT2D eigenvalue weighted by atomic mass is 10.2. The lowest BCUT2D eigenvalue weighted by molar-refractivity contribution is -0.275. The highest BCUT2D eigenvalue weighted by Gasteiger charge is 2.34. The van der Waals surface area contributed by atoms with Crippen molar-refractivity contribution in [1.82, 2.24) is 4.98 Å². The normalized spacial score (nSPS) is 11.6. The van der Waals surface area contributed by atoms with Gasteiger partial charge < -0.3 is 20.7 Å². The molecule has 5 nitrogen and oxygen atoms in total. The van der Waals surface area contributed by atoms with Gasteiger partial charge in [0.1, 0.15) is 5.69 Å². The average molecular weight is 238 g/mol. The molecule has 0 saturated heterocycles. The molecule has 1 rings (SSSR count). The number of aliphatic hydroxyl groups excluding tert-OH is 1. The summed E-state index contributed by atoms with van der Waals surface area (Å²) in [6.07, 6.45) is -3.94. The van der Waals surface area contributed by atoms with E-state index in [-0.39, 0.29) is 17.8 Å². The fourth-order valence-electron chi connectivity index (χ4n) is 1.05. The predicted octanol–water partition coefficient (Wildman–Crippen LogP) is 0.637. The minimum atomic E-state index is -4.95. The van der Waals surface area contributed by atoms with Gasteiger partial charge in [-0.3, -0.25) is 4.98 Å². The number of pyridine rings is 1. The summed E-state index contributed by atoms with van der Waals surface area (Å²) in [6, 6.07) is 0. The number of alkyl halides is 3. The van der Waals surface area contributed by atoms with Crippen LogP contribution in [0.5, 0.6) is 11.5 Å². The maximum absolute atomic E-state index is 12.0. The van der Waals surface area contributed by atoms with Gasteiger partial charge in [-0.05, 0) is 0 Å². The van der Waals surface area contributed by atoms with Crippen LogP contribution in [0.1, 0.15) is 11.3 Å². The summed E-state index contributed by atoms with van der Waals surface area (Å²) in [5.41, 5.74) is 4.76. The lowest BCUT2D eigenvalue weighted by Crippen LogP contribution is -2.19. The summed E-state index contributed by atoms with van der Waals surface area (Å²) in [5, 5.41) is 18.1. The quantitative estimate of drug-likeness (QED) is 0.719. The van der Waals surface area contributed by atoms with Crippen molar-refractivity contribution in [2.24, 2.45) is 5.73 Å². The van der Waals surface area contributed by atoms with Gasteiger partial charge >= 0.3 is 6.36 Å². The molecule has 0 saturated carbocycles. The molecule has 0 aliphatic heterocycles. The molecule has 0 unspecified atom stereocenters. The molecule has 4 N–H and O–H groups in total. The van der Waals surface area contributed by atoms with E-state index >= 15 is 0 Å². The Labute approximate surface area is 88.3 Å². The molecule has 8 heteroatoms. The van der Waals surface area contributed by atoms with Crippen LogP contribution in [-0.2, 0) is 13.2 Å². The third-order valence-electron chi connectivity index (χ3n) is 1.74. The molecule has 0 spiro atoms. The zero-order valence-corrected chi connectivity index (χ0v) is 7.95. The Balaban J connectivity index is 3.21. The molecule has 0 amide bonds. The molecule has 0 aliphatic carbocycles. The van der Waals surface area contributed by atoms with Gasteiger partial charge in [-0.1, -0.05) is 0 Å². The summed E-state index contributed by atoms with van der Waals surface area (Å²) in [7, 11) is 0. The second-order valence-electron chi connectivity index (χ2n) is 2.82. The van der Waals surface area contributed by atoms with Crippen molar-refractivity contribution in [3.8, 4) is 11.5 Å². The van der Waals surface area contributed by atoms with Crippen molar-refractivity contribution in [2.75, 3.05) is 0 Å². The van der Waals surface area contributed by atoms with E-state index in [4.69, 9.17) is 10.8 Å². The molecule has 1 heterocycles. The first kappa shape index (κ1) is 12.5. The molecular formula is C8H9F3N2O3. The molecule has 90 valence electrons. The van der Waals surface area contributed by atoms with E-state index < -0.39 is 24.5 Å². The highest BCUT2D eigenvalue weighted by atomic mass is 19.4. The summed E-state index contributed by atoms with van der Waals surface area (Å²) >= 11 is 0. The third-order valence-corrected chi connectivity index (χ3v) is 1.74. The molecule has 0 atom stereocenters. The number of nitrogens with two attached hydrogens (primary N) is 1. The fraction of sp³-hybridized carbons (Fsp3) is 0.375. The minimum Gasteiger partial charge on any atom is -0.503 e. The first-order chi connectivity index (χ1) is 7.39. The van der Waals surface area contributed by atoms with Crippen LogP contribution >= 0.6 is 0 Å². The maximum atomic E-state index is 12.0. The van der Waals surface area contributed by atoms with Crippen molar-refractivity contribution in [1.29, 1.82) is 0 Å². The van der Waals surface area contributed by atoms with Crippen LogP contribution in [0.2, 0.25) is 0 Å². The zero-order valence-electron chi connectivity index (χ0n) is 7.95. The number of hydrogen-bond acceptors (Lipinski definition) is 5. The van der Waals surface area contributed by atoms with Gasteiger partial charge in [-0.25, -0.2) is 0 Å². The highest BCUT2D eigenvalue weighted by Crippen LogP contribution is 2.36. The number of aliphatic hydroxyl groups is 1. The largest absolute Gasteiger partial charge is 0.573 e. The van der Waals surface area contributed by atoms with Gasteiger partial charge in [-0.2, -0.15) is 0 Å². The van der Waals surface area contributed by atoms with Crippen molar-refractivity contribution in [3.63, 3.8) is 0 Å². The number of aromatic nitrogens is 1. The van der Waals surface area contributed by atoms with E-state index in [1.165, 1.54) is 0 Å². The molecule has 0 aromatic carbocycles. The van der Waals surface area contributed by atoms with Crippen LogP contribution in [0.3, 0.4) is 0 Å². The van der Waals surface area contributed by atoms with Crippen molar-refractivity contribution in [2.45, 2.75) is 19.5 Å². The maximum Gasteiger partial charge on any atom is 0.573 e. The van der Waals surface area contributed by atoms with Crippen LogP contribution in [0.4, 0.5) is 13.2 Å². The molecule has 0 fully saturated rings. The summed E-state index contributed by atoms with van der Waals surface area (Å²) in [6.45, 7) is -0.984. The van der Waals surface area contributed by atoms with Gasteiger partial charge in [0.15, 0.2) is 11.5 Å². The molecule has 16 heavy (non-hydrogen) atoms. The topological polar surface area (TPSA) is 88.6 Å². The van der Waals surface area contributed by atoms with E-state index in [1.807, 2.05) is 0 Å². The molecule has 0 aliphatic rings. The van der Waals surface area contributed by atoms with Crippen LogP contribution in [0, 0.1) is 0 Å². The van der Waals surface area contributed by atoms with Crippen molar-refractivity contribution >= 4 is 0 Å². The Kier molecular flexibility index (Phi) is 3.55. The Morgan fingerprint density at radius 2 is 2.06 bits per heavy atom. The Morgan fingerprint density at radius 3 is 2.50 bits per heavy atom. The van der Waals surface area contributed by atoms with E-state index in [0.29, 0.717) is 0 Å². The summed E-state index contributed by atoms with van der Waals surface area (Å²) in [5.74, 6) is -1.68. The van der Waals surface area contributed by atoms with E-state index in [0.717, 1.165) is 6.20 Å². The monoisotopic (exact) mass is 238 g/mol. The van der Waals surface area contributed by atoms with Gasteiger partial charge in [0.05, 0.1) is 6.61 Å². The van der Waals surface area contributed by atoms with Crippen molar-refractivity contribution < 1.29 is 28.1 Å². The fourth-order valence-corrected chi connectivity index (χ4v) is 1.05. The van der Waals surface area contributed by atoms with Gasteiger partial charge in [-0.15, -0.1) is 13.2 Å². The Morgan fingerprint density at radius 1 is 1.44 bits per heavy atom. The Hall–Kier alpha value is -1.54. The summed E-state index contributed by atoms with van der Waals surface area (Å²) in [4.78, 5) is 3.53. The first-order valence-corrected chi connectivity index (χ1v) is 4.15. The second-order valence-corrected chi connectivity index (χ2v) is 2.82. The zero-order chi connectivity index (χ0) is 12.3. The highest BCUT2D eigenvalue weighted by molar-refractivity contribution is 5.47.